The number of hydrogen-bond acceptors (Lipinski definition) is 0. The molecule has 0 aliphatic carbocycles. The minimum atomic E-state index is 0.921. The maximum atomic E-state index is 5.80. The molecule has 44 heavy (non-hydrogen) atoms. The highest BCUT2D eigenvalue weighted by molar-refractivity contribution is 6.09. The molecule has 0 unspecified atom stereocenters. The summed E-state index contributed by atoms with van der Waals surface area (Å²) in [6.45, 7) is 6.63. The van der Waals surface area contributed by atoms with E-state index < -0.39 is 0 Å². The van der Waals surface area contributed by atoms with Crippen LogP contribution in [0.5, 0.6) is 0 Å². The van der Waals surface area contributed by atoms with Crippen LogP contribution < -0.4 is 0 Å². The summed E-state index contributed by atoms with van der Waals surface area (Å²) in [5.41, 5.74) is 8.14. The number of benzene rings is 4. The molecular weight excluding hydrogens is 532 g/mol. The Hall–Kier alpha value is -4.40. The zero-order valence-electron chi connectivity index (χ0n) is 26.5. The summed E-state index contributed by atoms with van der Waals surface area (Å²) in [4.78, 5) is 0. The fourth-order valence-corrected chi connectivity index (χ4v) is 6.78. The van der Waals surface area contributed by atoms with E-state index in [-0.39, 0.29) is 0 Å². The van der Waals surface area contributed by atoms with Crippen molar-refractivity contribution in [1.82, 2.24) is 9.13 Å². The molecule has 0 bridgehead atoms. The van der Waals surface area contributed by atoms with Crippen molar-refractivity contribution in [2.45, 2.75) is 91.1 Å². The van der Waals surface area contributed by atoms with Gasteiger partial charge in [0.05, 0.1) is 0 Å². The monoisotopic (exact) mass is 576 g/mol. The van der Waals surface area contributed by atoms with Crippen LogP contribution >= 0.6 is 0 Å². The number of nitrogens with zero attached hydrogens (tertiary/aromatic N) is 2. The number of aromatic nitrogens is 2. The highest BCUT2D eigenvalue weighted by Gasteiger charge is 2.13. The van der Waals surface area contributed by atoms with Gasteiger partial charge in [-0.25, -0.2) is 0 Å². The molecule has 222 valence electrons. The van der Waals surface area contributed by atoms with Gasteiger partial charge in [0.25, 0.3) is 0 Å². The highest BCUT2D eigenvalue weighted by Crippen LogP contribution is 2.32. The number of fused-ring (bicyclic) bond motifs is 6. The molecule has 0 radical (unpaired) electrons. The maximum absolute atomic E-state index is 5.80. The van der Waals surface area contributed by atoms with Gasteiger partial charge in [-0.3, -0.25) is 0 Å². The van der Waals surface area contributed by atoms with Gasteiger partial charge in [0.15, 0.2) is 0 Å². The lowest BCUT2D eigenvalue weighted by molar-refractivity contribution is 0.584. The Bertz CT molecular complexity index is 2010. The molecule has 4 aromatic carbocycles. The summed E-state index contributed by atoms with van der Waals surface area (Å²) in [5, 5.41) is 5.06. The molecule has 0 saturated carbocycles. The van der Waals surface area contributed by atoms with Crippen molar-refractivity contribution in [3.8, 4) is 24.2 Å². The first-order chi connectivity index (χ1) is 21.7. The Balaban J connectivity index is 1.32. The minimum Gasteiger partial charge on any atom is -0.340 e. The molecule has 0 N–H and O–H groups in total. The topological polar surface area (TPSA) is 9.86 Å². The highest BCUT2D eigenvalue weighted by atomic mass is 15.0. The minimum absolute atomic E-state index is 0.921. The first-order valence-electron chi connectivity index (χ1n) is 16.8. The van der Waals surface area contributed by atoms with Crippen LogP contribution in [-0.2, 0) is 13.1 Å². The molecule has 0 saturated heterocycles. The number of aryl methyl sites for hydroxylation is 2. The molecule has 0 spiro atoms. The standard InChI is InChI=1S/C42H44N2/c1-4-7-9-11-15-27-43-39-18-14-13-17-35(39)36-30-33(22-25-40(36)43)19-20-34-23-26-42-38(31-34)37-29-32(6-3)21-24-41(37)44(42)28-16-12-10-8-5-2/h3,13-14,17-18,21-26,29-31H,4-5,7-12,15-16,27-28H2,1-2H3. The molecule has 0 aliphatic rings. The average Bonchev–Trinajstić information content (AvgIpc) is 3.54. The van der Waals surface area contributed by atoms with Gasteiger partial charge < -0.3 is 9.13 Å². The molecule has 0 atom stereocenters. The van der Waals surface area contributed by atoms with Gasteiger partial charge in [0.1, 0.15) is 0 Å². The predicted molar refractivity (Wildman–Crippen MR) is 190 cm³/mol. The second kappa shape index (κ2) is 13.9. The summed E-state index contributed by atoms with van der Waals surface area (Å²) in [5.74, 6) is 9.81. The Labute approximate surface area is 263 Å². The van der Waals surface area contributed by atoms with Crippen molar-refractivity contribution < 1.29 is 0 Å². The third-order valence-corrected chi connectivity index (χ3v) is 9.13. The second-order valence-electron chi connectivity index (χ2n) is 12.2. The molecule has 6 rings (SSSR count). The van der Waals surface area contributed by atoms with Crippen LogP contribution in [0.3, 0.4) is 0 Å². The molecule has 6 aromatic rings. The third kappa shape index (κ3) is 6.14. The van der Waals surface area contributed by atoms with E-state index in [9.17, 15) is 0 Å². The first-order valence-corrected chi connectivity index (χ1v) is 16.8. The van der Waals surface area contributed by atoms with Gasteiger partial charge in [-0.2, -0.15) is 0 Å². The molecule has 2 nitrogen and oxygen atoms in total. The van der Waals surface area contributed by atoms with Crippen LogP contribution in [0.2, 0.25) is 0 Å². The van der Waals surface area contributed by atoms with Crippen molar-refractivity contribution in [1.29, 1.82) is 0 Å². The van der Waals surface area contributed by atoms with E-state index in [4.69, 9.17) is 6.42 Å². The lowest BCUT2D eigenvalue weighted by Crippen LogP contribution is -1.98. The van der Waals surface area contributed by atoms with Crippen LogP contribution in [0.15, 0.2) is 78.9 Å². The summed E-state index contributed by atoms with van der Waals surface area (Å²) in [6.07, 6.45) is 18.6. The fourth-order valence-electron chi connectivity index (χ4n) is 6.78. The molecule has 0 aliphatic heterocycles. The predicted octanol–water partition coefficient (Wildman–Crippen LogP) is 11.2. The quantitative estimate of drug-likeness (QED) is 0.101. The summed E-state index contributed by atoms with van der Waals surface area (Å²) in [7, 11) is 0. The van der Waals surface area contributed by atoms with E-state index in [1.54, 1.807) is 0 Å². The molecule has 2 heterocycles. The second-order valence-corrected chi connectivity index (χ2v) is 12.2. The normalized spacial score (nSPS) is 11.4. The van der Waals surface area contributed by atoms with Gasteiger partial charge in [-0.05, 0) is 73.5 Å². The van der Waals surface area contributed by atoms with Gasteiger partial charge in [-0.15, -0.1) is 6.42 Å². The van der Waals surface area contributed by atoms with Gasteiger partial charge >= 0.3 is 0 Å². The fraction of sp³-hybridized carbons (Fsp3) is 0.333. The Morgan fingerprint density at radius 2 is 0.909 bits per heavy atom. The Morgan fingerprint density at radius 3 is 1.43 bits per heavy atom. The summed E-state index contributed by atoms with van der Waals surface area (Å²) >= 11 is 0. The molecule has 0 amide bonds. The van der Waals surface area contributed by atoms with Crippen LogP contribution in [-0.4, -0.2) is 9.13 Å². The van der Waals surface area contributed by atoms with E-state index in [0.717, 1.165) is 29.8 Å². The van der Waals surface area contributed by atoms with Crippen LogP contribution in [0, 0.1) is 24.2 Å². The number of hydrogen-bond donors (Lipinski definition) is 0. The van der Waals surface area contributed by atoms with E-state index in [1.807, 2.05) is 0 Å². The van der Waals surface area contributed by atoms with E-state index in [2.05, 4.69) is 120 Å². The smallest absolute Gasteiger partial charge is 0.0492 e. The van der Waals surface area contributed by atoms with Crippen LogP contribution in [0.4, 0.5) is 0 Å². The van der Waals surface area contributed by atoms with E-state index >= 15 is 0 Å². The first kappa shape index (κ1) is 29.7. The van der Waals surface area contributed by atoms with Gasteiger partial charge in [0.2, 0.25) is 0 Å². The molecule has 0 fully saturated rings. The van der Waals surface area contributed by atoms with Crippen molar-refractivity contribution in [2.75, 3.05) is 0 Å². The largest absolute Gasteiger partial charge is 0.340 e. The van der Waals surface area contributed by atoms with Crippen molar-refractivity contribution >= 4 is 43.6 Å². The van der Waals surface area contributed by atoms with Gasteiger partial charge in [-0.1, -0.05) is 101 Å². The van der Waals surface area contributed by atoms with Crippen LogP contribution in [0.1, 0.15) is 94.7 Å². The van der Waals surface area contributed by atoms with Crippen LogP contribution in [0.25, 0.3) is 43.6 Å². The van der Waals surface area contributed by atoms with Crippen molar-refractivity contribution in [3.05, 3.63) is 95.6 Å². The number of para-hydroxylation sites is 1. The lowest BCUT2D eigenvalue weighted by Gasteiger charge is -2.07. The zero-order valence-corrected chi connectivity index (χ0v) is 26.5. The number of unbranched alkanes of at least 4 members (excludes halogenated alkanes) is 8. The summed E-state index contributed by atoms with van der Waals surface area (Å²) in [6, 6.07) is 28.6. The average molecular weight is 577 g/mol. The SMILES string of the molecule is C#Cc1ccc2c(c1)c1cc(C#Cc3ccc4c(c3)c3ccccc3n4CCCCCCC)ccc1n2CCCCCCC. The van der Waals surface area contributed by atoms with Crippen molar-refractivity contribution in [3.63, 3.8) is 0 Å². The van der Waals surface area contributed by atoms with E-state index in [1.165, 1.54) is 108 Å². The molecular formula is C42H44N2. The lowest BCUT2D eigenvalue weighted by atomic mass is 10.1. The van der Waals surface area contributed by atoms with Gasteiger partial charge in [0, 0.05) is 73.4 Å². The Morgan fingerprint density at radius 1 is 0.477 bits per heavy atom. The molecule has 2 aromatic heterocycles. The van der Waals surface area contributed by atoms with Crippen molar-refractivity contribution in [2.24, 2.45) is 0 Å². The number of terminal acetylenes is 1. The maximum Gasteiger partial charge on any atom is 0.0492 e. The third-order valence-electron chi connectivity index (χ3n) is 9.13. The molecule has 2 heteroatoms. The number of rotatable bonds is 12. The zero-order chi connectivity index (χ0) is 30.3. The Kier molecular flexibility index (Phi) is 9.39. The van der Waals surface area contributed by atoms with E-state index in [0.29, 0.717) is 0 Å². The summed E-state index contributed by atoms with van der Waals surface area (Å²) < 4.78 is 4.98.